The van der Waals surface area contributed by atoms with Gasteiger partial charge in [0.2, 0.25) is 10.0 Å². The van der Waals surface area contributed by atoms with Gasteiger partial charge >= 0.3 is 0 Å². The van der Waals surface area contributed by atoms with Crippen molar-refractivity contribution in [3.8, 4) is 0 Å². The van der Waals surface area contributed by atoms with E-state index in [0.717, 1.165) is 29.7 Å². The highest BCUT2D eigenvalue weighted by Crippen LogP contribution is 2.32. The number of nitrogens with zero attached hydrogens (tertiary/aromatic N) is 3. The van der Waals surface area contributed by atoms with Crippen LogP contribution in [0.5, 0.6) is 0 Å². The van der Waals surface area contributed by atoms with Gasteiger partial charge in [-0.25, -0.2) is 23.1 Å². The van der Waals surface area contributed by atoms with E-state index in [-0.39, 0.29) is 23.3 Å². The van der Waals surface area contributed by atoms with Crippen molar-refractivity contribution in [2.45, 2.75) is 37.6 Å². The van der Waals surface area contributed by atoms with Gasteiger partial charge < -0.3 is 9.88 Å². The summed E-state index contributed by atoms with van der Waals surface area (Å²) in [6, 6.07) is 9.43. The van der Waals surface area contributed by atoms with Crippen molar-refractivity contribution in [3.05, 3.63) is 54.5 Å². The number of rotatable bonds is 8. The third kappa shape index (κ3) is 5.07. The van der Waals surface area contributed by atoms with Gasteiger partial charge in [0, 0.05) is 24.8 Å². The zero-order valence-corrected chi connectivity index (χ0v) is 18.7. The van der Waals surface area contributed by atoms with Crippen LogP contribution >= 0.6 is 0 Å². The molecule has 1 saturated carbocycles. The normalized spacial score (nSPS) is 19.8. The predicted octanol–water partition coefficient (Wildman–Crippen LogP) is 3.66. The number of hydrogen-bond acceptors (Lipinski definition) is 5. The van der Waals surface area contributed by atoms with Crippen LogP contribution < -0.4 is 9.62 Å². The first kappa shape index (κ1) is 22.6. The Morgan fingerprint density at radius 3 is 2.56 bits per heavy atom. The van der Waals surface area contributed by atoms with Crippen LogP contribution in [0.4, 0.5) is 14.6 Å². The van der Waals surface area contributed by atoms with E-state index in [0.29, 0.717) is 12.8 Å². The Balaban J connectivity index is 1.31. The Hall–Kier alpha value is -2.59. The molecular formula is C22H27F2N5O2S. The molecule has 0 bridgehead atoms. The Morgan fingerprint density at radius 1 is 1.12 bits per heavy atom. The van der Waals surface area contributed by atoms with Crippen LogP contribution in [-0.4, -0.2) is 48.8 Å². The topological polar surface area (TPSA) is 91.0 Å². The van der Waals surface area contributed by atoms with Crippen molar-refractivity contribution in [3.63, 3.8) is 0 Å². The first-order chi connectivity index (χ1) is 15.3. The van der Waals surface area contributed by atoms with Crippen molar-refractivity contribution in [1.82, 2.24) is 19.7 Å². The second-order valence-electron chi connectivity index (χ2n) is 8.40. The summed E-state index contributed by atoms with van der Waals surface area (Å²) >= 11 is 0. The molecule has 172 valence electrons. The van der Waals surface area contributed by atoms with E-state index in [2.05, 4.69) is 24.6 Å². The molecule has 0 atom stereocenters. The Bertz CT molecular complexity index is 1150. The van der Waals surface area contributed by atoms with Gasteiger partial charge in [0.25, 0.3) is 5.92 Å². The quantitative estimate of drug-likeness (QED) is 0.532. The summed E-state index contributed by atoms with van der Waals surface area (Å²) in [7, 11) is -1.81. The molecule has 1 aliphatic rings. The second-order valence-corrected chi connectivity index (χ2v) is 10.2. The average molecular weight is 464 g/mol. The lowest BCUT2D eigenvalue weighted by atomic mass is 9.86. The number of halogens is 2. The summed E-state index contributed by atoms with van der Waals surface area (Å²) < 4.78 is 55.6. The minimum atomic E-state index is -3.80. The first-order valence-corrected chi connectivity index (χ1v) is 12.3. The Labute approximate surface area is 186 Å². The van der Waals surface area contributed by atoms with Crippen LogP contribution in [-0.2, 0) is 15.9 Å². The molecule has 2 aromatic heterocycles. The van der Waals surface area contributed by atoms with E-state index in [1.807, 2.05) is 19.3 Å². The van der Waals surface area contributed by atoms with Crippen LogP contribution in [0.3, 0.4) is 0 Å². The Kier molecular flexibility index (Phi) is 6.43. The SMILES string of the molecule is CN(c1ncnc2[nH]ccc12)[C@H]1CC[C@H](CS(=O)(=O)NCC(F)(F)c2ccccc2)CC1. The van der Waals surface area contributed by atoms with E-state index in [4.69, 9.17) is 0 Å². The van der Waals surface area contributed by atoms with Gasteiger partial charge in [0.1, 0.15) is 17.8 Å². The van der Waals surface area contributed by atoms with Gasteiger partial charge in [-0.3, -0.25) is 0 Å². The summed E-state index contributed by atoms with van der Waals surface area (Å²) in [5.41, 5.74) is 0.576. The van der Waals surface area contributed by atoms with Crippen LogP contribution in [0.2, 0.25) is 0 Å². The van der Waals surface area contributed by atoms with Gasteiger partial charge in [0.05, 0.1) is 17.7 Å². The molecule has 10 heteroatoms. The number of sulfonamides is 1. The zero-order chi connectivity index (χ0) is 22.8. The molecule has 0 radical (unpaired) electrons. The minimum absolute atomic E-state index is 0.0554. The molecule has 0 amide bonds. The maximum atomic E-state index is 14.3. The van der Waals surface area contributed by atoms with Crippen molar-refractivity contribution in [2.24, 2.45) is 5.92 Å². The maximum Gasteiger partial charge on any atom is 0.286 e. The van der Waals surface area contributed by atoms with Gasteiger partial charge in [0.15, 0.2) is 0 Å². The number of aromatic amines is 1. The number of hydrogen-bond donors (Lipinski definition) is 2. The summed E-state index contributed by atoms with van der Waals surface area (Å²) in [5, 5.41) is 0.947. The fraction of sp³-hybridized carbons (Fsp3) is 0.455. The lowest BCUT2D eigenvalue weighted by molar-refractivity contribution is 0.00206. The van der Waals surface area contributed by atoms with Crippen LogP contribution in [0.15, 0.2) is 48.9 Å². The average Bonchev–Trinajstić information content (AvgIpc) is 3.27. The van der Waals surface area contributed by atoms with Crippen molar-refractivity contribution in [2.75, 3.05) is 24.2 Å². The smallest absolute Gasteiger partial charge is 0.286 e. The zero-order valence-electron chi connectivity index (χ0n) is 17.8. The molecule has 3 aromatic rings. The highest BCUT2D eigenvalue weighted by molar-refractivity contribution is 7.89. The molecule has 7 nitrogen and oxygen atoms in total. The summed E-state index contributed by atoms with van der Waals surface area (Å²) in [5.74, 6) is -2.60. The maximum absolute atomic E-state index is 14.3. The number of anilines is 1. The number of alkyl halides is 2. The molecule has 4 rings (SSSR count). The fourth-order valence-corrected chi connectivity index (χ4v) is 5.84. The number of nitrogens with one attached hydrogen (secondary N) is 2. The minimum Gasteiger partial charge on any atom is -0.356 e. The summed E-state index contributed by atoms with van der Waals surface area (Å²) in [6.07, 6.45) is 6.41. The fourth-order valence-electron chi connectivity index (χ4n) is 4.37. The predicted molar refractivity (Wildman–Crippen MR) is 120 cm³/mol. The highest BCUT2D eigenvalue weighted by Gasteiger charge is 2.34. The highest BCUT2D eigenvalue weighted by atomic mass is 32.2. The third-order valence-corrected chi connectivity index (χ3v) is 7.69. The molecule has 1 fully saturated rings. The summed E-state index contributed by atoms with van der Waals surface area (Å²) in [4.78, 5) is 13.8. The molecule has 1 aliphatic carbocycles. The van der Waals surface area contributed by atoms with E-state index < -0.39 is 22.5 Å². The molecule has 0 spiro atoms. The van der Waals surface area contributed by atoms with Gasteiger partial charge in [-0.1, -0.05) is 30.3 Å². The van der Waals surface area contributed by atoms with Gasteiger partial charge in [-0.2, -0.15) is 8.78 Å². The molecule has 1 aromatic carbocycles. The van der Waals surface area contributed by atoms with Crippen molar-refractivity contribution < 1.29 is 17.2 Å². The Morgan fingerprint density at radius 2 is 1.84 bits per heavy atom. The van der Waals surface area contributed by atoms with E-state index >= 15 is 0 Å². The molecule has 0 saturated heterocycles. The van der Waals surface area contributed by atoms with Crippen LogP contribution in [0.25, 0.3) is 11.0 Å². The largest absolute Gasteiger partial charge is 0.356 e. The first-order valence-electron chi connectivity index (χ1n) is 10.7. The van der Waals surface area contributed by atoms with Gasteiger partial charge in [-0.15, -0.1) is 0 Å². The monoisotopic (exact) mass is 463 g/mol. The van der Waals surface area contributed by atoms with Crippen LogP contribution in [0, 0.1) is 5.92 Å². The van der Waals surface area contributed by atoms with E-state index in [1.165, 1.54) is 30.6 Å². The molecule has 2 heterocycles. The van der Waals surface area contributed by atoms with E-state index in [1.54, 1.807) is 6.07 Å². The number of fused-ring (bicyclic) bond motifs is 1. The van der Waals surface area contributed by atoms with Crippen molar-refractivity contribution >= 4 is 26.9 Å². The third-order valence-electron chi connectivity index (χ3n) is 6.20. The number of benzene rings is 1. The standard InChI is InChI=1S/C22H27F2N5O2S/c1-29(21-19-11-12-25-20(19)26-15-27-21)18-9-7-16(8-10-18)13-32(30,31)28-14-22(23,24)17-5-3-2-4-6-17/h2-6,11-12,15-16,18,28H,7-10,13-14H2,1H3,(H,25,26,27)/t16-,18-. The number of aromatic nitrogens is 3. The molecular weight excluding hydrogens is 436 g/mol. The summed E-state index contributed by atoms with van der Waals surface area (Å²) in [6.45, 7) is -0.933. The van der Waals surface area contributed by atoms with Crippen LogP contribution in [0.1, 0.15) is 31.2 Å². The molecule has 32 heavy (non-hydrogen) atoms. The lowest BCUT2D eigenvalue weighted by Crippen LogP contribution is -2.40. The number of H-pyrrole nitrogens is 1. The van der Waals surface area contributed by atoms with Gasteiger partial charge in [-0.05, 0) is 37.7 Å². The van der Waals surface area contributed by atoms with E-state index in [9.17, 15) is 17.2 Å². The molecule has 0 aliphatic heterocycles. The molecule has 2 N–H and O–H groups in total. The second kappa shape index (κ2) is 9.11. The lowest BCUT2D eigenvalue weighted by Gasteiger charge is -2.35. The van der Waals surface area contributed by atoms with Crippen molar-refractivity contribution in [1.29, 1.82) is 0 Å². The molecule has 0 unspecified atom stereocenters.